The van der Waals surface area contributed by atoms with Crippen LogP contribution in [0.25, 0.3) is 0 Å². The molecule has 0 saturated heterocycles. The van der Waals surface area contributed by atoms with Gasteiger partial charge in [0.15, 0.2) is 0 Å². The Labute approximate surface area is 114 Å². The fraction of sp³-hybridized carbons (Fsp3) is 0.385. The minimum Gasteiger partial charge on any atom is -0.478 e. The third-order valence-corrected chi connectivity index (χ3v) is 2.46. The molecule has 0 unspecified atom stereocenters. The highest BCUT2D eigenvalue weighted by Crippen LogP contribution is 2.15. The molecule has 0 aliphatic heterocycles. The van der Waals surface area contributed by atoms with Gasteiger partial charge in [-0.1, -0.05) is 0 Å². The van der Waals surface area contributed by atoms with Crippen LogP contribution in [0.15, 0.2) is 18.2 Å². The summed E-state index contributed by atoms with van der Waals surface area (Å²) >= 11 is 0. The highest BCUT2D eigenvalue weighted by molar-refractivity contribution is 5.93. The van der Waals surface area contributed by atoms with Crippen molar-refractivity contribution in [3.63, 3.8) is 0 Å². The van der Waals surface area contributed by atoms with Gasteiger partial charge in [0, 0.05) is 5.69 Å². The fourth-order valence-corrected chi connectivity index (χ4v) is 1.54. The molecule has 0 radical (unpaired) electrons. The van der Waals surface area contributed by atoms with E-state index in [9.17, 15) is 18.4 Å². The number of carboxylic acid groups (broad SMARTS) is 1. The number of carboxylic acids is 1. The van der Waals surface area contributed by atoms with Crippen molar-refractivity contribution >= 4 is 17.6 Å². The summed E-state index contributed by atoms with van der Waals surface area (Å²) < 4.78 is 28.1. The number of ether oxygens (including phenoxy) is 1. The summed E-state index contributed by atoms with van der Waals surface area (Å²) in [6, 6.07) is 4.39. The summed E-state index contributed by atoms with van der Waals surface area (Å²) in [5, 5.41) is 11.4. The topological polar surface area (TPSA) is 75.6 Å². The number of aromatic carboxylic acids is 1. The smallest absolute Gasteiger partial charge is 0.335 e. The number of alkyl halides is 2. The number of hydrogen-bond acceptors (Lipinski definition) is 3. The Kier molecular flexibility index (Phi) is 6.05. The first-order valence-electron chi connectivity index (χ1n) is 5.90. The number of benzene rings is 1. The molecule has 7 heteroatoms. The van der Waals surface area contributed by atoms with Gasteiger partial charge in [-0.15, -0.1) is 0 Å². The SMILES string of the molecule is Cc1cc(NC(=O)CCOCC(F)F)ccc1C(=O)O. The van der Waals surface area contributed by atoms with Crippen molar-refractivity contribution in [2.45, 2.75) is 19.8 Å². The van der Waals surface area contributed by atoms with Gasteiger partial charge in [-0.25, -0.2) is 13.6 Å². The van der Waals surface area contributed by atoms with E-state index >= 15 is 0 Å². The van der Waals surface area contributed by atoms with Crippen LogP contribution in [0, 0.1) is 6.92 Å². The number of carbonyl (C=O) groups excluding carboxylic acids is 1. The second-order valence-electron chi connectivity index (χ2n) is 4.10. The Morgan fingerprint density at radius 2 is 2.10 bits per heavy atom. The van der Waals surface area contributed by atoms with E-state index in [-0.39, 0.29) is 24.5 Å². The second-order valence-corrected chi connectivity index (χ2v) is 4.10. The zero-order chi connectivity index (χ0) is 15.1. The lowest BCUT2D eigenvalue weighted by Crippen LogP contribution is -2.16. The van der Waals surface area contributed by atoms with Gasteiger partial charge >= 0.3 is 5.97 Å². The largest absolute Gasteiger partial charge is 0.478 e. The number of nitrogens with one attached hydrogen (secondary N) is 1. The molecule has 20 heavy (non-hydrogen) atoms. The predicted molar refractivity (Wildman–Crippen MR) is 68.2 cm³/mol. The van der Waals surface area contributed by atoms with Crippen molar-refractivity contribution < 1.29 is 28.2 Å². The van der Waals surface area contributed by atoms with Gasteiger partial charge in [0.2, 0.25) is 5.91 Å². The van der Waals surface area contributed by atoms with Gasteiger partial charge in [0.25, 0.3) is 6.43 Å². The molecule has 2 N–H and O–H groups in total. The average molecular weight is 287 g/mol. The van der Waals surface area contributed by atoms with Gasteiger partial charge in [0.05, 0.1) is 18.6 Å². The molecule has 0 heterocycles. The monoisotopic (exact) mass is 287 g/mol. The van der Waals surface area contributed by atoms with Crippen LogP contribution in [0.5, 0.6) is 0 Å². The lowest BCUT2D eigenvalue weighted by Gasteiger charge is -2.08. The molecule has 1 rings (SSSR count). The average Bonchev–Trinajstić information content (AvgIpc) is 2.34. The number of rotatable bonds is 7. The molecule has 0 aliphatic rings. The molecule has 110 valence electrons. The van der Waals surface area contributed by atoms with Crippen LogP contribution in [-0.4, -0.2) is 36.6 Å². The van der Waals surface area contributed by atoms with Crippen LogP contribution in [0.1, 0.15) is 22.3 Å². The van der Waals surface area contributed by atoms with Crippen molar-refractivity contribution in [3.05, 3.63) is 29.3 Å². The third-order valence-electron chi connectivity index (χ3n) is 2.46. The van der Waals surface area contributed by atoms with Gasteiger partial charge in [0.1, 0.15) is 6.61 Å². The normalized spacial score (nSPS) is 10.6. The molecule has 1 aromatic carbocycles. The van der Waals surface area contributed by atoms with Crippen molar-refractivity contribution in [1.82, 2.24) is 0 Å². The van der Waals surface area contributed by atoms with Crippen LogP contribution < -0.4 is 5.32 Å². The minimum absolute atomic E-state index is 0.0492. The maximum absolute atomic E-state index is 11.8. The molecule has 1 aromatic rings. The first-order chi connectivity index (χ1) is 9.40. The van der Waals surface area contributed by atoms with Crippen LogP contribution in [0.2, 0.25) is 0 Å². The molecule has 0 bridgehead atoms. The highest BCUT2D eigenvalue weighted by Gasteiger charge is 2.09. The van der Waals surface area contributed by atoms with E-state index in [2.05, 4.69) is 10.1 Å². The summed E-state index contributed by atoms with van der Waals surface area (Å²) in [6.45, 7) is 0.826. The van der Waals surface area contributed by atoms with Crippen molar-refractivity contribution in [2.75, 3.05) is 18.5 Å². The fourth-order valence-electron chi connectivity index (χ4n) is 1.54. The van der Waals surface area contributed by atoms with Crippen molar-refractivity contribution in [2.24, 2.45) is 0 Å². The Bertz CT molecular complexity index is 491. The molecule has 0 aliphatic carbocycles. The van der Waals surface area contributed by atoms with E-state index < -0.39 is 19.0 Å². The Hall–Kier alpha value is -2.02. The van der Waals surface area contributed by atoms with Crippen LogP contribution in [0.3, 0.4) is 0 Å². The standard InChI is InChI=1S/C13H15F2NO4/c1-8-6-9(2-3-10(8)13(18)19)16-12(17)4-5-20-7-11(14)15/h2-3,6,11H,4-5,7H2,1H3,(H,16,17)(H,18,19). The lowest BCUT2D eigenvalue weighted by atomic mass is 10.1. The van der Waals surface area contributed by atoms with Crippen LogP contribution in [-0.2, 0) is 9.53 Å². The maximum atomic E-state index is 11.8. The van der Waals surface area contributed by atoms with Gasteiger partial charge in [-0.2, -0.15) is 0 Å². The molecule has 0 atom stereocenters. The Morgan fingerprint density at radius 1 is 1.40 bits per heavy atom. The van der Waals surface area contributed by atoms with Gasteiger partial charge in [-0.05, 0) is 30.7 Å². The quantitative estimate of drug-likeness (QED) is 0.754. The summed E-state index contributed by atoms with van der Waals surface area (Å²) in [5.74, 6) is -1.43. The summed E-state index contributed by atoms with van der Waals surface area (Å²) in [4.78, 5) is 22.3. The molecule has 0 saturated carbocycles. The molecule has 5 nitrogen and oxygen atoms in total. The van der Waals surface area contributed by atoms with E-state index in [0.29, 0.717) is 11.3 Å². The number of carbonyl (C=O) groups is 2. The Morgan fingerprint density at radius 3 is 2.65 bits per heavy atom. The zero-order valence-corrected chi connectivity index (χ0v) is 10.9. The van der Waals surface area contributed by atoms with E-state index in [1.807, 2.05) is 0 Å². The number of hydrogen-bond donors (Lipinski definition) is 2. The van der Waals surface area contributed by atoms with Crippen molar-refractivity contribution in [3.8, 4) is 0 Å². The van der Waals surface area contributed by atoms with E-state index in [1.54, 1.807) is 6.92 Å². The predicted octanol–water partition coefficient (Wildman–Crippen LogP) is 2.30. The Balaban J connectivity index is 2.46. The number of amides is 1. The van der Waals surface area contributed by atoms with E-state index in [4.69, 9.17) is 5.11 Å². The molecule has 0 aromatic heterocycles. The summed E-state index contributed by atoms with van der Waals surface area (Å²) in [5.41, 5.74) is 1.12. The van der Waals surface area contributed by atoms with Crippen molar-refractivity contribution in [1.29, 1.82) is 0 Å². The lowest BCUT2D eigenvalue weighted by molar-refractivity contribution is -0.117. The minimum atomic E-state index is -2.55. The van der Waals surface area contributed by atoms with Gasteiger partial charge < -0.3 is 15.2 Å². The first kappa shape index (κ1) is 16.0. The summed E-state index contributed by atoms with van der Waals surface area (Å²) in [7, 11) is 0. The van der Waals surface area contributed by atoms with E-state index in [1.165, 1.54) is 18.2 Å². The first-order valence-corrected chi connectivity index (χ1v) is 5.90. The highest BCUT2D eigenvalue weighted by atomic mass is 19.3. The van der Waals surface area contributed by atoms with Gasteiger partial charge in [-0.3, -0.25) is 4.79 Å². The third kappa shape index (κ3) is 5.31. The second kappa shape index (κ2) is 7.54. The number of anilines is 1. The summed E-state index contributed by atoms with van der Waals surface area (Å²) in [6.07, 6.45) is -2.60. The number of aryl methyl sites for hydroxylation is 1. The number of halogens is 2. The van der Waals surface area contributed by atoms with Crippen LogP contribution >= 0.6 is 0 Å². The molecule has 0 fully saturated rings. The molecule has 0 spiro atoms. The molecular formula is C13H15F2NO4. The molecular weight excluding hydrogens is 272 g/mol. The van der Waals surface area contributed by atoms with Crippen LogP contribution in [0.4, 0.5) is 14.5 Å². The zero-order valence-electron chi connectivity index (χ0n) is 10.9. The van der Waals surface area contributed by atoms with E-state index in [0.717, 1.165) is 0 Å². The maximum Gasteiger partial charge on any atom is 0.335 e. The molecule has 1 amide bonds.